The molecule has 1 heteroatoms. The van der Waals surface area contributed by atoms with Crippen molar-refractivity contribution < 1.29 is 0 Å². The lowest BCUT2D eigenvalue weighted by atomic mass is 9.64. The Morgan fingerprint density at radius 1 is 1.29 bits per heavy atom. The average Bonchev–Trinajstić information content (AvgIpc) is 2.13. The number of rotatable bonds is 2. The van der Waals surface area contributed by atoms with Gasteiger partial charge in [0.2, 0.25) is 6.54 Å². The van der Waals surface area contributed by atoms with Crippen LogP contribution in [0.25, 0.3) is 4.85 Å². The van der Waals surface area contributed by atoms with Gasteiger partial charge >= 0.3 is 0 Å². The van der Waals surface area contributed by atoms with Crippen molar-refractivity contribution in [3.05, 3.63) is 46.8 Å². The largest absolute Gasteiger partial charge is 0.316 e. The molecule has 0 heterocycles. The first-order chi connectivity index (χ1) is 6.77. The van der Waals surface area contributed by atoms with E-state index in [1.807, 2.05) is 0 Å². The first-order valence-electron chi connectivity index (χ1n) is 5.17. The summed E-state index contributed by atoms with van der Waals surface area (Å²) in [4.78, 5) is 3.58. The lowest BCUT2D eigenvalue weighted by Gasteiger charge is -2.37. The summed E-state index contributed by atoms with van der Waals surface area (Å²) < 4.78 is 0. The molecular weight excluding hydrogens is 170 g/mol. The smallest absolute Gasteiger partial charge is 0.224 e. The molecule has 0 saturated heterocycles. The molecule has 0 aliphatic heterocycles. The predicted octanol–water partition coefficient (Wildman–Crippen LogP) is 3.34. The first-order valence-corrected chi connectivity index (χ1v) is 5.17. The van der Waals surface area contributed by atoms with Gasteiger partial charge in [0.15, 0.2) is 0 Å². The number of aryl methyl sites for hydroxylation is 1. The molecule has 1 fully saturated rings. The minimum Gasteiger partial charge on any atom is -0.316 e. The highest BCUT2D eigenvalue weighted by molar-refractivity contribution is 5.32. The van der Waals surface area contributed by atoms with Crippen LogP contribution in [0.15, 0.2) is 24.3 Å². The topological polar surface area (TPSA) is 4.36 Å². The Kier molecular flexibility index (Phi) is 2.29. The molecule has 14 heavy (non-hydrogen) atoms. The summed E-state index contributed by atoms with van der Waals surface area (Å²) in [5.41, 5.74) is 2.87. The fourth-order valence-electron chi connectivity index (χ4n) is 2.20. The van der Waals surface area contributed by atoms with E-state index in [1.54, 1.807) is 0 Å². The van der Waals surface area contributed by atoms with Gasteiger partial charge in [-0.25, -0.2) is 6.57 Å². The second-order valence-electron chi connectivity index (χ2n) is 4.32. The van der Waals surface area contributed by atoms with Crippen LogP contribution in [-0.4, -0.2) is 6.54 Å². The second kappa shape index (κ2) is 3.46. The van der Waals surface area contributed by atoms with Gasteiger partial charge in [-0.3, -0.25) is 0 Å². The summed E-state index contributed by atoms with van der Waals surface area (Å²) >= 11 is 0. The first kappa shape index (κ1) is 9.27. The maximum Gasteiger partial charge on any atom is 0.224 e. The van der Waals surface area contributed by atoms with Crippen LogP contribution in [0.2, 0.25) is 0 Å². The fourth-order valence-corrected chi connectivity index (χ4v) is 2.20. The Morgan fingerprint density at radius 2 is 1.93 bits per heavy atom. The maximum atomic E-state index is 7.01. The van der Waals surface area contributed by atoms with Crippen molar-refractivity contribution in [2.45, 2.75) is 31.6 Å². The SMILES string of the molecule is [C-]#[N+]CC1(c2ccc(C)cc2)CCC1. The van der Waals surface area contributed by atoms with E-state index < -0.39 is 0 Å². The summed E-state index contributed by atoms with van der Waals surface area (Å²) in [5, 5.41) is 0. The van der Waals surface area contributed by atoms with Crippen LogP contribution in [0, 0.1) is 13.5 Å². The minimum absolute atomic E-state index is 0.204. The molecule has 0 N–H and O–H groups in total. The van der Waals surface area contributed by atoms with Crippen molar-refractivity contribution in [3.63, 3.8) is 0 Å². The highest BCUT2D eigenvalue weighted by Crippen LogP contribution is 2.43. The number of hydrogen-bond acceptors (Lipinski definition) is 0. The molecule has 0 bridgehead atoms. The summed E-state index contributed by atoms with van der Waals surface area (Å²) in [6.45, 7) is 9.78. The molecule has 0 unspecified atom stereocenters. The molecule has 0 spiro atoms. The monoisotopic (exact) mass is 185 g/mol. The van der Waals surface area contributed by atoms with E-state index in [1.165, 1.54) is 30.4 Å². The van der Waals surface area contributed by atoms with E-state index in [9.17, 15) is 0 Å². The zero-order valence-electron chi connectivity index (χ0n) is 8.59. The number of nitrogens with zero attached hydrogens (tertiary/aromatic N) is 1. The van der Waals surface area contributed by atoms with Gasteiger partial charge in [0.05, 0.1) is 5.41 Å². The van der Waals surface area contributed by atoms with Gasteiger partial charge in [-0.15, -0.1) is 0 Å². The molecule has 72 valence electrons. The Bertz CT molecular complexity index is 352. The lowest BCUT2D eigenvalue weighted by molar-refractivity contribution is 0.266. The number of benzene rings is 1. The fraction of sp³-hybridized carbons (Fsp3) is 0.462. The Balaban J connectivity index is 2.28. The van der Waals surface area contributed by atoms with Crippen molar-refractivity contribution in [2.75, 3.05) is 6.54 Å². The molecule has 1 aromatic rings. The molecule has 1 aliphatic carbocycles. The summed E-state index contributed by atoms with van der Waals surface area (Å²) in [7, 11) is 0. The van der Waals surface area contributed by atoms with Crippen LogP contribution in [0.3, 0.4) is 0 Å². The van der Waals surface area contributed by atoms with Gasteiger partial charge in [-0.2, -0.15) is 0 Å². The standard InChI is InChI=1S/C13H15N/c1-11-4-6-12(7-5-11)13(10-14-2)8-3-9-13/h4-7H,3,8-10H2,1H3. The molecule has 2 rings (SSSR count). The third-order valence-electron chi connectivity index (χ3n) is 3.36. The van der Waals surface area contributed by atoms with E-state index in [0.717, 1.165) is 0 Å². The predicted molar refractivity (Wildman–Crippen MR) is 58.2 cm³/mol. The molecule has 1 nitrogen and oxygen atoms in total. The molecule has 0 aromatic heterocycles. The van der Waals surface area contributed by atoms with Gasteiger partial charge in [0.25, 0.3) is 0 Å². The van der Waals surface area contributed by atoms with Gasteiger partial charge in [0, 0.05) is 0 Å². The third-order valence-corrected chi connectivity index (χ3v) is 3.36. The molecular formula is C13H15N. The number of hydrogen-bond donors (Lipinski definition) is 0. The van der Waals surface area contributed by atoms with Crippen molar-refractivity contribution in [3.8, 4) is 0 Å². The van der Waals surface area contributed by atoms with Crippen LogP contribution in [0.1, 0.15) is 30.4 Å². The molecule has 1 aliphatic rings. The van der Waals surface area contributed by atoms with Crippen LogP contribution in [0.5, 0.6) is 0 Å². The van der Waals surface area contributed by atoms with E-state index in [0.29, 0.717) is 6.54 Å². The van der Waals surface area contributed by atoms with Crippen LogP contribution in [-0.2, 0) is 5.41 Å². The molecule has 0 radical (unpaired) electrons. The molecule has 0 atom stereocenters. The van der Waals surface area contributed by atoms with Crippen molar-refractivity contribution in [1.29, 1.82) is 0 Å². The van der Waals surface area contributed by atoms with Crippen molar-refractivity contribution in [1.82, 2.24) is 0 Å². The second-order valence-corrected chi connectivity index (χ2v) is 4.32. The zero-order valence-corrected chi connectivity index (χ0v) is 8.59. The molecule has 1 saturated carbocycles. The highest BCUT2D eigenvalue weighted by Gasteiger charge is 2.41. The van der Waals surface area contributed by atoms with Crippen LogP contribution in [0.4, 0.5) is 0 Å². The van der Waals surface area contributed by atoms with Gasteiger partial charge in [-0.1, -0.05) is 36.2 Å². The molecule has 1 aromatic carbocycles. The van der Waals surface area contributed by atoms with E-state index in [2.05, 4.69) is 36.0 Å². The third kappa shape index (κ3) is 1.42. The maximum absolute atomic E-state index is 7.01. The van der Waals surface area contributed by atoms with E-state index in [4.69, 9.17) is 6.57 Å². The highest BCUT2D eigenvalue weighted by atomic mass is 14.7. The minimum atomic E-state index is 0.204. The molecule has 0 amide bonds. The zero-order chi connectivity index (χ0) is 10.0. The summed E-state index contributed by atoms with van der Waals surface area (Å²) in [6, 6.07) is 8.69. The lowest BCUT2D eigenvalue weighted by Crippen LogP contribution is -2.36. The average molecular weight is 185 g/mol. The Labute approximate surface area is 85.6 Å². The van der Waals surface area contributed by atoms with Crippen molar-refractivity contribution >= 4 is 0 Å². The van der Waals surface area contributed by atoms with Gasteiger partial charge in [0.1, 0.15) is 0 Å². The van der Waals surface area contributed by atoms with Crippen LogP contribution < -0.4 is 0 Å². The van der Waals surface area contributed by atoms with Crippen molar-refractivity contribution in [2.24, 2.45) is 0 Å². The van der Waals surface area contributed by atoms with E-state index >= 15 is 0 Å². The quantitative estimate of drug-likeness (QED) is 0.622. The Hall–Kier alpha value is -1.29. The van der Waals surface area contributed by atoms with Gasteiger partial charge in [-0.05, 0) is 25.3 Å². The van der Waals surface area contributed by atoms with E-state index in [-0.39, 0.29) is 5.41 Å². The van der Waals surface area contributed by atoms with Gasteiger partial charge < -0.3 is 4.85 Å². The normalized spacial score (nSPS) is 18.3. The summed E-state index contributed by atoms with van der Waals surface area (Å²) in [6.07, 6.45) is 3.67. The summed E-state index contributed by atoms with van der Waals surface area (Å²) in [5.74, 6) is 0. The van der Waals surface area contributed by atoms with Crippen LogP contribution >= 0.6 is 0 Å². The Morgan fingerprint density at radius 3 is 2.36 bits per heavy atom.